The average molecular weight is 216 g/mol. The summed E-state index contributed by atoms with van der Waals surface area (Å²) in [5.74, 6) is -0.198. The maximum Gasteiger partial charge on any atom is 0.335 e. The topological polar surface area (TPSA) is 62.2 Å². The first-order chi connectivity index (χ1) is 7.61. The first-order valence-corrected chi connectivity index (χ1v) is 4.94. The van der Waals surface area contributed by atoms with Crippen LogP contribution in [-0.4, -0.2) is 23.1 Å². The summed E-state index contributed by atoms with van der Waals surface area (Å²) in [5.41, 5.74) is 1.89. The number of nitrogens with one attached hydrogen (secondary N) is 1. The van der Waals surface area contributed by atoms with Crippen molar-refractivity contribution in [3.8, 4) is 0 Å². The number of anilines is 1. The van der Waals surface area contributed by atoms with Crippen LogP contribution in [0.5, 0.6) is 0 Å². The van der Waals surface area contributed by atoms with Gasteiger partial charge in [-0.25, -0.2) is 9.78 Å². The summed E-state index contributed by atoms with van der Waals surface area (Å²) < 4.78 is 0. The third-order valence-corrected chi connectivity index (χ3v) is 2.52. The maximum absolute atomic E-state index is 10.9. The molecule has 0 atom stereocenters. The standard InChI is InChI=1S/C12H12N2O2/c1-7-5-8(12(15)16)6-10-9(7)3-4-11(13-2)14-10/h3-6H,1-2H3,(H,13,14)(H,15,16). The van der Waals surface area contributed by atoms with Gasteiger partial charge in [-0.15, -0.1) is 0 Å². The minimum Gasteiger partial charge on any atom is -0.478 e. The van der Waals surface area contributed by atoms with E-state index in [2.05, 4.69) is 10.3 Å². The number of fused-ring (bicyclic) bond motifs is 1. The van der Waals surface area contributed by atoms with Gasteiger partial charge < -0.3 is 10.4 Å². The Balaban J connectivity index is 2.72. The Morgan fingerprint density at radius 3 is 2.75 bits per heavy atom. The minimum absolute atomic E-state index is 0.269. The van der Waals surface area contributed by atoms with Crippen molar-refractivity contribution in [2.24, 2.45) is 0 Å². The molecule has 2 rings (SSSR count). The molecule has 0 unspecified atom stereocenters. The van der Waals surface area contributed by atoms with Crippen LogP contribution in [0.2, 0.25) is 0 Å². The van der Waals surface area contributed by atoms with Gasteiger partial charge in [-0.05, 0) is 36.8 Å². The van der Waals surface area contributed by atoms with Crippen molar-refractivity contribution in [3.63, 3.8) is 0 Å². The number of aromatic nitrogens is 1. The molecular formula is C12H12N2O2. The quantitative estimate of drug-likeness (QED) is 0.808. The van der Waals surface area contributed by atoms with E-state index in [1.165, 1.54) is 0 Å². The van der Waals surface area contributed by atoms with E-state index >= 15 is 0 Å². The lowest BCUT2D eigenvalue weighted by molar-refractivity contribution is 0.0697. The van der Waals surface area contributed by atoms with Gasteiger partial charge in [-0.3, -0.25) is 0 Å². The number of aromatic carboxylic acids is 1. The smallest absolute Gasteiger partial charge is 0.335 e. The van der Waals surface area contributed by atoms with Gasteiger partial charge in [-0.2, -0.15) is 0 Å². The SMILES string of the molecule is CNc1ccc2c(C)cc(C(=O)O)cc2n1. The van der Waals surface area contributed by atoms with Gasteiger partial charge in [0.25, 0.3) is 0 Å². The molecule has 2 aromatic rings. The number of aryl methyl sites for hydroxylation is 1. The molecular weight excluding hydrogens is 204 g/mol. The van der Waals surface area contributed by atoms with Crippen LogP contribution in [0.15, 0.2) is 24.3 Å². The lowest BCUT2D eigenvalue weighted by Gasteiger charge is -2.06. The molecule has 0 spiro atoms. The fourth-order valence-corrected chi connectivity index (χ4v) is 1.68. The van der Waals surface area contributed by atoms with Crippen LogP contribution in [0.3, 0.4) is 0 Å². The highest BCUT2D eigenvalue weighted by Gasteiger charge is 2.07. The van der Waals surface area contributed by atoms with Gasteiger partial charge in [0, 0.05) is 12.4 Å². The van der Waals surface area contributed by atoms with Gasteiger partial charge in [-0.1, -0.05) is 0 Å². The van der Waals surface area contributed by atoms with Crippen LogP contribution in [0.25, 0.3) is 10.9 Å². The first kappa shape index (κ1) is 10.4. The van der Waals surface area contributed by atoms with Gasteiger partial charge in [0.15, 0.2) is 0 Å². The summed E-state index contributed by atoms with van der Waals surface area (Å²) in [7, 11) is 1.78. The van der Waals surface area contributed by atoms with Crippen molar-refractivity contribution >= 4 is 22.7 Å². The second-order valence-corrected chi connectivity index (χ2v) is 3.61. The number of carboxylic acids is 1. The number of nitrogens with zero attached hydrogens (tertiary/aromatic N) is 1. The summed E-state index contributed by atoms with van der Waals surface area (Å²) in [4.78, 5) is 15.2. The molecule has 0 aliphatic carbocycles. The minimum atomic E-state index is -0.929. The van der Waals surface area contributed by atoms with E-state index in [1.54, 1.807) is 19.2 Å². The summed E-state index contributed by atoms with van der Waals surface area (Å²) in [6, 6.07) is 7.06. The van der Waals surface area contributed by atoms with Gasteiger partial charge >= 0.3 is 5.97 Å². The number of hydrogen-bond donors (Lipinski definition) is 2. The molecule has 1 aromatic carbocycles. The van der Waals surface area contributed by atoms with Crippen molar-refractivity contribution in [1.29, 1.82) is 0 Å². The van der Waals surface area contributed by atoms with Gasteiger partial charge in [0.2, 0.25) is 0 Å². The zero-order chi connectivity index (χ0) is 11.7. The summed E-state index contributed by atoms with van der Waals surface area (Å²) in [6.07, 6.45) is 0. The Morgan fingerprint density at radius 1 is 1.38 bits per heavy atom. The molecule has 0 aliphatic rings. The van der Waals surface area contributed by atoms with Gasteiger partial charge in [0.05, 0.1) is 11.1 Å². The molecule has 1 aromatic heterocycles. The Bertz CT molecular complexity index is 564. The highest BCUT2D eigenvalue weighted by atomic mass is 16.4. The molecule has 0 radical (unpaired) electrons. The number of pyridine rings is 1. The zero-order valence-electron chi connectivity index (χ0n) is 9.11. The van der Waals surface area contributed by atoms with Gasteiger partial charge in [0.1, 0.15) is 5.82 Å². The van der Waals surface area contributed by atoms with Crippen molar-refractivity contribution in [1.82, 2.24) is 4.98 Å². The Hall–Kier alpha value is -2.10. The zero-order valence-corrected chi connectivity index (χ0v) is 9.11. The molecule has 0 saturated carbocycles. The van der Waals surface area contributed by atoms with Crippen LogP contribution in [0.4, 0.5) is 5.82 Å². The molecule has 4 nitrogen and oxygen atoms in total. The Labute approximate surface area is 92.9 Å². The summed E-state index contributed by atoms with van der Waals surface area (Å²) >= 11 is 0. The van der Waals surface area contributed by atoms with Crippen molar-refractivity contribution in [2.75, 3.05) is 12.4 Å². The summed E-state index contributed by atoms with van der Waals surface area (Å²) in [5, 5.41) is 12.9. The molecule has 4 heteroatoms. The molecule has 82 valence electrons. The number of rotatable bonds is 2. The summed E-state index contributed by atoms with van der Waals surface area (Å²) in [6.45, 7) is 1.88. The molecule has 0 bridgehead atoms. The lowest BCUT2D eigenvalue weighted by Crippen LogP contribution is -1.99. The Kier molecular flexibility index (Phi) is 2.48. The molecule has 0 aliphatic heterocycles. The molecule has 0 saturated heterocycles. The van der Waals surface area contributed by atoms with E-state index in [4.69, 9.17) is 5.11 Å². The van der Waals surface area contributed by atoms with Crippen molar-refractivity contribution in [2.45, 2.75) is 6.92 Å². The average Bonchev–Trinajstić information content (AvgIpc) is 2.28. The second kappa shape index (κ2) is 3.81. The van der Waals surface area contributed by atoms with E-state index in [0.29, 0.717) is 5.52 Å². The number of carbonyl (C=O) groups is 1. The van der Waals surface area contributed by atoms with Crippen LogP contribution < -0.4 is 5.32 Å². The fourth-order valence-electron chi connectivity index (χ4n) is 1.68. The van der Waals surface area contributed by atoms with Crippen molar-refractivity contribution < 1.29 is 9.90 Å². The largest absolute Gasteiger partial charge is 0.478 e. The second-order valence-electron chi connectivity index (χ2n) is 3.61. The predicted molar refractivity (Wildman–Crippen MR) is 63.0 cm³/mol. The molecule has 0 amide bonds. The third kappa shape index (κ3) is 1.69. The van der Waals surface area contributed by atoms with E-state index in [1.807, 2.05) is 19.1 Å². The first-order valence-electron chi connectivity index (χ1n) is 4.94. The predicted octanol–water partition coefficient (Wildman–Crippen LogP) is 2.28. The van der Waals surface area contributed by atoms with Crippen LogP contribution in [0.1, 0.15) is 15.9 Å². The van der Waals surface area contributed by atoms with E-state index < -0.39 is 5.97 Å². The van der Waals surface area contributed by atoms with Crippen LogP contribution in [-0.2, 0) is 0 Å². The number of hydrogen-bond acceptors (Lipinski definition) is 3. The monoisotopic (exact) mass is 216 g/mol. The molecule has 0 fully saturated rings. The fraction of sp³-hybridized carbons (Fsp3) is 0.167. The lowest BCUT2D eigenvalue weighted by atomic mass is 10.1. The highest BCUT2D eigenvalue weighted by Crippen LogP contribution is 2.21. The van der Waals surface area contributed by atoms with Crippen LogP contribution >= 0.6 is 0 Å². The normalized spacial score (nSPS) is 10.4. The molecule has 1 heterocycles. The Morgan fingerprint density at radius 2 is 2.12 bits per heavy atom. The van der Waals surface area contributed by atoms with E-state index in [-0.39, 0.29) is 5.56 Å². The van der Waals surface area contributed by atoms with Crippen LogP contribution in [0, 0.1) is 6.92 Å². The maximum atomic E-state index is 10.9. The van der Waals surface area contributed by atoms with E-state index in [0.717, 1.165) is 16.8 Å². The highest BCUT2D eigenvalue weighted by molar-refractivity contribution is 5.94. The molecule has 2 N–H and O–H groups in total. The van der Waals surface area contributed by atoms with Crippen molar-refractivity contribution in [3.05, 3.63) is 35.4 Å². The number of benzene rings is 1. The third-order valence-electron chi connectivity index (χ3n) is 2.52. The number of carboxylic acid groups (broad SMARTS) is 1. The van der Waals surface area contributed by atoms with E-state index in [9.17, 15) is 4.79 Å². The molecule has 16 heavy (non-hydrogen) atoms.